The lowest BCUT2D eigenvalue weighted by Gasteiger charge is -2.33. The molecule has 2 radical (unpaired) electrons. The molecule has 0 aromatic carbocycles. The first-order valence-electron chi connectivity index (χ1n) is 5.66. The van der Waals surface area contributed by atoms with Crippen molar-refractivity contribution in [3.8, 4) is 0 Å². The Morgan fingerprint density at radius 3 is 2.06 bits per heavy atom. The van der Waals surface area contributed by atoms with Crippen LogP contribution in [0, 0.1) is 11.3 Å². The molecule has 1 saturated heterocycles. The van der Waals surface area contributed by atoms with Gasteiger partial charge >= 0.3 is 0 Å². The molecule has 17 heavy (non-hydrogen) atoms. The molecule has 2 atom stereocenters. The summed E-state index contributed by atoms with van der Waals surface area (Å²) in [4.78, 5) is 36.4. The van der Waals surface area contributed by atoms with E-state index in [0.29, 0.717) is 0 Å². The Bertz CT molecular complexity index is 382. The standard InChI is InChI=1S/C12H18BNO3/c1-7(15)12(5,13)14-9(16)6-8(10(14)17)11(2,3)4/h8H,6H2,1-5H3. The molecule has 0 N–H and O–H groups in total. The Balaban J connectivity index is 3.11. The van der Waals surface area contributed by atoms with Gasteiger partial charge in [-0.25, -0.2) is 0 Å². The normalized spacial score (nSPS) is 25.0. The molecule has 0 saturated carbocycles. The first-order chi connectivity index (χ1) is 7.49. The maximum absolute atomic E-state index is 12.2. The van der Waals surface area contributed by atoms with Gasteiger partial charge in [-0.3, -0.25) is 19.3 Å². The SMILES string of the molecule is [B]C(C)(C(C)=O)N1C(=O)CC(C(C)(C)C)C1=O. The van der Waals surface area contributed by atoms with Crippen LogP contribution in [0.15, 0.2) is 0 Å². The van der Waals surface area contributed by atoms with Gasteiger partial charge in [-0.15, -0.1) is 0 Å². The summed E-state index contributed by atoms with van der Waals surface area (Å²) < 4.78 is 0. The van der Waals surface area contributed by atoms with E-state index in [2.05, 4.69) is 0 Å². The van der Waals surface area contributed by atoms with Crippen LogP contribution >= 0.6 is 0 Å². The van der Waals surface area contributed by atoms with Gasteiger partial charge in [-0.05, 0) is 19.3 Å². The van der Waals surface area contributed by atoms with E-state index in [1.165, 1.54) is 13.8 Å². The van der Waals surface area contributed by atoms with Crippen LogP contribution < -0.4 is 0 Å². The number of Topliss-reactive ketones (excluding diaryl/α,β-unsaturated/α-hetero) is 1. The predicted octanol–water partition coefficient (Wildman–Crippen LogP) is 0.881. The number of nitrogens with zero attached hydrogens (tertiary/aromatic N) is 1. The number of ketones is 1. The molecule has 1 aliphatic rings. The van der Waals surface area contributed by atoms with Crippen molar-refractivity contribution in [2.45, 2.75) is 46.5 Å². The molecule has 1 aliphatic heterocycles. The highest BCUT2D eigenvalue weighted by Crippen LogP contribution is 2.37. The van der Waals surface area contributed by atoms with Gasteiger partial charge < -0.3 is 0 Å². The lowest BCUT2D eigenvalue weighted by atomic mass is 9.74. The van der Waals surface area contributed by atoms with Gasteiger partial charge in [-0.2, -0.15) is 0 Å². The molecule has 2 unspecified atom stereocenters. The largest absolute Gasteiger partial charge is 0.298 e. The van der Waals surface area contributed by atoms with Gasteiger partial charge in [0, 0.05) is 6.42 Å². The summed E-state index contributed by atoms with van der Waals surface area (Å²) in [5.41, 5.74) is -1.84. The van der Waals surface area contributed by atoms with Crippen molar-refractivity contribution in [1.29, 1.82) is 0 Å². The number of likely N-dealkylation sites (tertiary alicyclic amines) is 1. The maximum Gasteiger partial charge on any atom is 0.233 e. The molecule has 1 rings (SSSR count). The van der Waals surface area contributed by atoms with Gasteiger partial charge in [0.2, 0.25) is 11.8 Å². The van der Waals surface area contributed by atoms with Crippen LogP contribution in [0.3, 0.4) is 0 Å². The van der Waals surface area contributed by atoms with E-state index < -0.39 is 17.1 Å². The van der Waals surface area contributed by atoms with E-state index in [4.69, 9.17) is 7.85 Å². The van der Waals surface area contributed by atoms with E-state index in [1.54, 1.807) is 0 Å². The summed E-state index contributed by atoms with van der Waals surface area (Å²) in [5, 5.41) is 0. The van der Waals surface area contributed by atoms with Crippen molar-refractivity contribution in [2.75, 3.05) is 0 Å². The van der Waals surface area contributed by atoms with E-state index in [0.717, 1.165) is 4.90 Å². The second-order valence-electron chi connectivity index (χ2n) is 5.89. The molecule has 4 nitrogen and oxygen atoms in total. The van der Waals surface area contributed by atoms with E-state index >= 15 is 0 Å². The molecule has 0 aromatic rings. The fraction of sp³-hybridized carbons (Fsp3) is 0.750. The lowest BCUT2D eigenvalue weighted by Crippen LogP contribution is -2.55. The summed E-state index contributed by atoms with van der Waals surface area (Å²) >= 11 is 0. The third-order valence-corrected chi connectivity index (χ3v) is 3.37. The number of imide groups is 1. The van der Waals surface area contributed by atoms with E-state index in [9.17, 15) is 14.4 Å². The van der Waals surface area contributed by atoms with Crippen LogP contribution in [-0.4, -0.2) is 35.8 Å². The predicted molar refractivity (Wildman–Crippen MR) is 64.3 cm³/mol. The second-order valence-corrected chi connectivity index (χ2v) is 5.89. The van der Waals surface area contributed by atoms with Gasteiger partial charge in [0.1, 0.15) is 13.6 Å². The molecule has 0 aliphatic carbocycles. The monoisotopic (exact) mass is 235 g/mol. The fourth-order valence-corrected chi connectivity index (χ4v) is 1.95. The number of amides is 2. The molecule has 2 amide bonds. The maximum atomic E-state index is 12.2. The molecule has 0 spiro atoms. The number of carbonyl (C=O) groups is 3. The van der Waals surface area contributed by atoms with Crippen LogP contribution in [0.25, 0.3) is 0 Å². The van der Waals surface area contributed by atoms with E-state index in [1.807, 2.05) is 20.8 Å². The molecule has 0 bridgehead atoms. The van der Waals surface area contributed by atoms with Crippen LogP contribution in [0.4, 0.5) is 0 Å². The van der Waals surface area contributed by atoms with Crippen LogP contribution in [0.1, 0.15) is 41.0 Å². The first-order valence-corrected chi connectivity index (χ1v) is 5.66. The van der Waals surface area contributed by atoms with Crippen molar-refractivity contribution < 1.29 is 14.4 Å². The Labute approximate surface area is 103 Å². The van der Waals surface area contributed by atoms with Crippen molar-refractivity contribution in [2.24, 2.45) is 11.3 Å². The summed E-state index contributed by atoms with van der Waals surface area (Å²) in [7, 11) is 5.79. The Morgan fingerprint density at radius 2 is 1.76 bits per heavy atom. The van der Waals surface area contributed by atoms with E-state index in [-0.39, 0.29) is 23.7 Å². The minimum absolute atomic E-state index is 0.127. The topological polar surface area (TPSA) is 54.5 Å². The Morgan fingerprint density at radius 1 is 1.29 bits per heavy atom. The van der Waals surface area contributed by atoms with Crippen LogP contribution in [0.5, 0.6) is 0 Å². The number of hydrogen-bond donors (Lipinski definition) is 0. The molecule has 0 aromatic heterocycles. The highest BCUT2D eigenvalue weighted by atomic mass is 16.2. The van der Waals surface area contributed by atoms with Gasteiger partial charge in [-0.1, -0.05) is 20.8 Å². The molecule has 5 heteroatoms. The van der Waals surface area contributed by atoms with Crippen LogP contribution in [-0.2, 0) is 14.4 Å². The zero-order chi connectivity index (χ0) is 13.6. The van der Waals surface area contributed by atoms with Crippen molar-refractivity contribution in [1.82, 2.24) is 4.90 Å². The summed E-state index contributed by atoms with van der Waals surface area (Å²) in [6.45, 7) is 8.37. The second kappa shape index (κ2) is 3.96. The summed E-state index contributed by atoms with van der Waals surface area (Å²) in [6, 6.07) is 0. The third-order valence-electron chi connectivity index (χ3n) is 3.37. The van der Waals surface area contributed by atoms with Crippen molar-refractivity contribution in [3.05, 3.63) is 0 Å². The third kappa shape index (κ3) is 2.28. The minimum atomic E-state index is -1.53. The molecule has 1 fully saturated rings. The number of hydrogen-bond acceptors (Lipinski definition) is 3. The summed E-state index contributed by atoms with van der Waals surface area (Å²) in [6.07, 6.45) is 0.127. The Kier molecular flexibility index (Phi) is 3.25. The molecular formula is C12H18BNO3. The summed E-state index contributed by atoms with van der Waals surface area (Å²) in [5.74, 6) is -1.51. The van der Waals surface area contributed by atoms with Crippen molar-refractivity contribution >= 4 is 25.4 Å². The Hall–Kier alpha value is -1.13. The molecular weight excluding hydrogens is 217 g/mol. The fourth-order valence-electron chi connectivity index (χ4n) is 1.95. The van der Waals surface area contributed by atoms with Crippen molar-refractivity contribution in [3.63, 3.8) is 0 Å². The quantitative estimate of drug-likeness (QED) is 0.527. The molecule has 92 valence electrons. The van der Waals surface area contributed by atoms with Gasteiger partial charge in [0.15, 0.2) is 0 Å². The average molecular weight is 235 g/mol. The van der Waals surface area contributed by atoms with Gasteiger partial charge in [0.25, 0.3) is 0 Å². The number of carbonyl (C=O) groups excluding carboxylic acids is 3. The average Bonchev–Trinajstić information content (AvgIpc) is 2.40. The number of rotatable bonds is 2. The molecule has 1 heterocycles. The zero-order valence-electron chi connectivity index (χ0n) is 11.0. The highest BCUT2D eigenvalue weighted by Gasteiger charge is 2.50. The highest BCUT2D eigenvalue weighted by molar-refractivity contribution is 6.31. The lowest BCUT2D eigenvalue weighted by molar-refractivity contribution is -0.148. The van der Waals surface area contributed by atoms with Crippen LogP contribution in [0.2, 0.25) is 0 Å². The zero-order valence-corrected chi connectivity index (χ0v) is 11.0. The smallest absolute Gasteiger partial charge is 0.233 e. The first kappa shape index (κ1) is 13.9. The van der Waals surface area contributed by atoms with Gasteiger partial charge in [0.05, 0.1) is 11.4 Å². The minimum Gasteiger partial charge on any atom is -0.298 e.